The van der Waals surface area contributed by atoms with Crippen LogP contribution in [0.4, 0.5) is 10.3 Å². The molecule has 19 heavy (non-hydrogen) atoms. The molecule has 0 aliphatic carbocycles. The van der Waals surface area contributed by atoms with Gasteiger partial charge in [-0.3, -0.25) is 0 Å². The van der Waals surface area contributed by atoms with Crippen molar-refractivity contribution in [2.75, 3.05) is 26.1 Å². The van der Waals surface area contributed by atoms with Crippen LogP contribution in [-0.2, 0) is 4.74 Å². The number of methoxy groups -OCH3 is 1. The van der Waals surface area contributed by atoms with Gasteiger partial charge in [0.1, 0.15) is 0 Å². The number of aromatic nitrogens is 2. The Bertz CT molecular complexity index is 605. The number of imidazole rings is 1. The molecule has 2 N–H and O–H groups in total. The Hall–Kier alpha value is -1.82. The minimum atomic E-state index is -0.431. The molecule has 1 aliphatic heterocycles. The van der Waals surface area contributed by atoms with Crippen LogP contribution in [0.15, 0.2) is 12.1 Å². The molecule has 0 radical (unpaired) electrons. The van der Waals surface area contributed by atoms with Gasteiger partial charge < -0.3 is 19.8 Å². The highest BCUT2D eigenvalue weighted by atomic mass is 19.1. The molecule has 0 amide bonds. The van der Waals surface area contributed by atoms with Gasteiger partial charge in [0.2, 0.25) is 5.95 Å². The number of anilines is 1. The third-order valence-corrected chi connectivity index (χ3v) is 3.49. The molecule has 0 bridgehead atoms. The van der Waals surface area contributed by atoms with Gasteiger partial charge in [-0.25, -0.2) is 9.37 Å². The van der Waals surface area contributed by atoms with E-state index in [-0.39, 0.29) is 11.8 Å². The molecule has 0 spiro atoms. The first-order chi connectivity index (χ1) is 9.20. The van der Waals surface area contributed by atoms with Crippen molar-refractivity contribution in [3.8, 4) is 5.75 Å². The van der Waals surface area contributed by atoms with Gasteiger partial charge in [0.15, 0.2) is 11.6 Å². The molecular weight excluding hydrogens is 249 g/mol. The molecule has 1 aromatic carbocycles. The van der Waals surface area contributed by atoms with Gasteiger partial charge in [0.25, 0.3) is 0 Å². The molecule has 1 unspecified atom stereocenters. The predicted octanol–water partition coefficient (Wildman–Crippen LogP) is 2.12. The van der Waals surface area contributed by atoms with Gasteiger partial charge in [-0.1, -0.05) is 0 Å². The van der Waals surface area contributed by atoms with Gasteiger partial charge in [0.05, 0.1) is 30.8 Å². The first-order valence-corrected chi connectivity index (χ1v) is 6.29. The average molecular weight is 265 g/mol. The molecule has 1 atom stereocenters. The number of nitrogen functional groups attached to an aromatic ring is 1. The molecule has 3 rings (SSSR count). The Morgan fingerprint density at radius 1 is 1.53 bits per heavy atom. The molecular formula is C13H16FN3O2. The lowest BCUT2D eigenvalue weighted by molar-refractivity contribution is 0.0611. The zero-order valence-electron chi connectivity index (χ0n) is 10.7. The van der Waals surface area contributed by atoms with Crippen LogP contribution in [-0.4, -0.2) is 29.9 Å². The number of fused-ring (bicyclic) bond motifs is 1. The fourth-order valence-corrected chi connectivity index (χ4v) is 2.58. The van der Waals surface area contributed by atoms with Gasteiger partial charge in [0, 0.05) is 18.7 Å². The minimum absolute atomic E-state index is 0.147. The number of halogens is 1. The Labute approximate surface area is 110 Å². The molecule has 2 aromatic rings. The summed E-state index contributed by atoms with van der Waals surface area (Å²) < 4.78 is 26.1. The fourth-order valence-electron chi connectivity index (χ4n) is 2.58. The lowest BCUT2D eigenvalue weighted by atomic mass is 10.1. The van der Waals surface area contributed by atoms with Crippen LogP contribution in [0.2, 0.25) is 0 Å². The monoisotopic (exact) mass is 265 g/mol. The molecule has 1 fully saturated rings. The van der Waals surface area contributed by atoms with Crippen LogP contribution in [0, 0.1) is 5.82 Å². The summed E-state index contributed by atoms with van der Waals surface area (Å²) in [4.78, 5) is 4.21. The number of nitrogens with zero attached hydrogens (tertiary/aromatic N) is 2. The van der Waals surface area contributed by atoms with E-state index in [2.05, 4.69) is 4.98 Å². The molecule has 5 nitrogen and oxygen atoms in total. The van der Waals surface area contributed by atoms with Crippen LogP contribution in [0.3, 0.4) is 0 Å². The number of hydrogen-bond acceptors (Lipinski definition) is 4. The molecule has 0 saturated carbocycles. The minimum Gasteiger partial charge on any atom is -0.494 e. The Morgan fingerprint density at radius 2 is 2.37 bits per heavy atom. The topological polar surface area (TPSA) is 62.3 Å². The highest BCUT2D eigenvalue weighted by molar-refractivity contribution is 5.80. The van der Waals surface area contributed by atoms with Crippen molar-refractivity contribution in [1.82, 2.24) is 9.55 Å². The van der Waals surface area contributed by atoms with Gasteiger partial charge in [-0.05, 0) is 12.8 Å². The molecule has 6 heteroatoms. The predicted molar refractivity (Wildman–Crippen MR) is 69.7 cm³/mol. The van der Waals surface area contributed by atoms with Crippen molar-refractivity contribution in [3.05, 3.63) is 17.9 Å². The highest BCUT2D eigenvalue weighted by Crippen LogP contribution is 2.31. The Morgan fingerprint density at radius 3 is 3.05 bits per heavy atom. The van der Waals surface area contributed by atoms with Gasteiger partial charge in [-0.15, -0.1) is 0 Å². The van der Waals surface area contributed by atoms with Crippen molar-refractivity contribution in [1.29, 1.82) is 0 Å². The summed E-state index contributed by atoms with van der Waals surface area (Å²) in [5, 5.41) is 0. The summed E-state index contributed by atoms with van der Waals surface area (Å²) in [6, 6.07) is 3.14. The quantitative estimate of drug-likeness (QED) is 0.903. The zero-order chi connectivity index (χ0) is 13.4. The maximum atomic E-state index is 13.7. The summed E-state index contributed by atoms with van der Waals surface area (Å²) in [5.74, 6) is 0.156. The third-order valence-electron chi connectivity index (χ3n) is 3.49. The SMILES string of the molecule is COc1cc2c(cc1F)nc(N)n2C1CCCOC1. The van der Waals surface area contributed by atoms with E-state index in [1.54, 1.807) is 6.07 Å². The van der Waals surface area contributed by atoms with Gasteiger partial charge >= 0.3 is 0 Å². The van der Waals surface area contributed by atoms with E-state index in [1.807, 2.05) is 4.57 Å². The fraction of sp³-hybridized carbons (Fsp3) is 0.462. The number of hydrogen-bond donors (Lipinski definition) is 1. The van der Waals surface area contributed by atoms with Crippen LogP contribution >= 0.6 is 0 Å². The van der Waals surface area contributed by atoms with E-state index in [0.717, 1.165) is 25.0 Å². The van der Waals surface area contributed by atoms with Crippen molar-refractivity contribution in [2.24, 2.45) is 0 Å². The lowest BCUT2D eigenvalue weighted by Gasteiger charge is -2.24. The van der Waals surface area contributed by atoms with Crippen molar-refractivity contribution >= 4 is 17.0 Å². The van der Waals surface area contributed by atoms with E-state index in [9.17, 15) is 4.39 Å². The van der Waals surface area contributed by atoms with Gasteiger partial charge in [-0.2, -0.15) is 0 Å². The van der Waals surface area contributed by atoms with E-state index in [1.165, 1.54) is 13.2 Å². The van der Waals surface area contributed by atoms with Crippen LogP contribution < -0.4 is 10.5 Å². The normalized spacial score (nSPS) is 19.8. The second-order valence-corrected chi connectivity index (χ2v) is 4.69. The van der Waals surface area contributed by atoms with E-state index < -0.39 is 5.82 Å². The summed E-state index contributed by atoms with van der Waals surface area (Å²) >= 11 is 0. The number of benzene rings is 1. The van der Waals surface area contributed by atoms with Crippen LogP contribution in [0.1, 0.15) is 18.9 Å². The van der Waals surface area contributed by atoms with Crippen molar-refractivity contribution in [3.63, 3.8) is 0 Å². The molecule has 1 aromatic heterocycles. The first-order valence-electron chi connectivity index (χ1n) is 6.29. The number of nitrogens with two attached hydrogens (primary N) is 1. The summed E-state index contributed by atoms with van der Waals surface area (Å²) in [6.45, 7) is 1.39. The van der Waals surface area contributed by atoms with Crippen LogP contribution in [0.25, 0.3) is 11.0 Å². The zero-order valence-corrected chi connectivity index (χ0v) is 10.7. The lowest BCUT2D eigenvalue weighted by Crippen LogP contribution is -2.22. The van der Waals surface area contributed by atoms with E-state index in [0.29, 0.717) is 18.1 Å². The largest absolute Gasteiger partial charge is 0.494 e. The highest BCUT2D eigenvalue weighted by Gasteiger charge is 2.22. The number of rotatable bonds is 2. The Balaban J connectivity index is 2.14. The molecule has 102 valence electrons. The second-order valence-electron chi connectivity index (χ2n) is 4.69. The van der Waals surface area contributed by atoms with E-state index in [4.69, 9.17) is 15.2 Å². The van der Waals surface area contributed by atoms with E-state index >= 15 is 0 Å². The maximum Gasteiger partial charge on any atom is 0.201 e. The first kappa shape index (κ1) is 12.2. The average Bonchev–Trinajstić information content (AvgIpc) is 2.73. The third kappa shape index (κ3) is 2.02. The molecule has 1 aliphatic rings. The second kappa shape index (κ2) is 4.70. The Kier molecular flexibility index (Phi) is 3.02. The number of ether oxygens (including phenoxy) is 2. The molecule has 2 heterocycles. The van der Waals surface area contributed by atoms with Crippen molar-refractivity contribution in [2.45, 2.75) is 18.9 Å². The summed E-state index contributed by atoms with van der Waals surface area (Å²) in [7, 11) is 1.44. The standard InChI is InChI=1S/C13H16FN3O2/c1-18-12-6-11-10(5-9(12)14)16-13(15)17(11)8-3-2-4-19-7-8/h5-6,8H,2-4,7H2,1H3,(H2,15,16). The smallest absolute Gasteiger partial charge is 0.201 e. The summed E-state index contributed by atoms with van der Waals surface area (Å²) in [6.07, 6.45) is 1.97. The van der Waals surface area contributed by atoms with Crippen LogP contribution in [0.5, 0.6) is 5.75 Å². The maximum absolute atomic E-state index is 13.7. The summed E-state index contributed by atoms with van der Waals surface area (Å²) in [5.41, 5.74) is 7.29. The molecule has 1 saturated heterocycles. The van der Waals surface area contributed by atoms with Crippen molar-refractivity contribution < 1.29 is 13.9 Å².